The van der Waals surface area contributed by atoms with Gasteiger partial charge in [-0.05, 0) is 17.7 Å². The van der Waals surface area contributed by atoms with Crippen LogP contribution < -0.4 is 15.9 Å². The van der Waals surface area contributed by atoms with Crippen molar-refractivity contribution in [3.8, 4) is 5.75 Å². The van der Waals surface area contributed by atoms with Gasteiger partial charge in [0, 0.05) is 0 Å². The number of primary amides is 1. The normalized spacial score (nSPS) is 10.7. The number of hydrazone groups is 1. The maximum absolute atomic E-state index is 11.9. The molecule has 2 amide bonds. The summed E-state index contributed by atoms with van der Waals surface area (Å²) < 4.78 is 27.9. The van der Waals surface area contributed by atoms with Crippen molar-refractivity contribution in [2.24, 2.45) is 10.8 Å². The molecule has 0 radical (unpaired) electrons. The Hall–Kier alpha value is -2.18. The second-order valence-electron chi connectivity index (χ2n) is 2.69. The van der Waals surface area contributed by atoms with Crippen LogP contribution in [0.3, 0.4) is 0 Å². The Morgan fingerprint density at radius 1 is 1.56 bits per heavy atom. The number of alkyl halides is 2. The van der Waals surface area contributed by atoms with Gasteiger partial charge in [0.05, 0.1) is 6.21 Å². The number of nitrogens with two attached hydrogens (primary N) is 1. The van der Waals surface area contributed by atoms with E-state index in [0.29, 0.717) is 5.56 Å². The first kappa shape index (κ1) is 11.9. The Kier molecular flexibility index (Phi) is 4.19. The van der Waals surface area contributed by atoms with E-state index in [1.165, 1.54) is 24.4 Å². The summed E-state index contributed by atoms with van der Waals surface area (Å²) >= 11 is 0. The van der Waals surface area contributed by atoms with Crippen molar-refractivity contribution in [3.63, 3.8) is 0 Å². The summed E-state index contributed by atoms with van der Waals surface area (Å²) in [4.78, 5) is 10.3. The summed E-state index contributed by atoms with van der Waals surface area (Å²) in [6.07, 6.45) is 1.25. The first-order valence-electron chi connectivity index (χ1n) is 4.21. The summed E-state index contributed by atoms with van der Waals surface area (Å²) in [6, 6.07) is 5.04. The lowest BCUT2D eigenvalue weighted by molar-refractivity contribution is -0.0498. The minimum absolute atomic E-state index is 0.0121. The zero-order valence-electron chi connectivity index (χ0n) is 8.06. The molecule has 0 fully saturated rings. The third-order valence-corrected chi connectivity index (χ3v) is 1.47. The summed E-state index contributed by atoms with van der Waals surface area (Å²) in [5.74, 6) is 0.0121. The van der Waals surface area contributed by atoms with Crippen molar-refractivity contribution in [2.75, 3.05) is 0 Å². The van der Waals surface area contributed by atoms with Crippen molar-refractivity contribution in [1.82, 2.24) is 5.43 Å². The van der Waals surface area contributed by atoms with Crippen molar-refractivity contribution < 1.29 is 18.3 Å². The third-order valence-electron chi connectivity index (χ3n) is 1.47. The minimum Gasteiger partial charge on any atom is -0.435 e. The van der Waals surface area contributed by atoms with E-state index in [2.05, 4.69) is 9.84 Å². The van der Waals surface area contributed by atoms with Crippen LogP contribution in [0.2, 0.25) is 0 Å². The second-order valence-corrected chi connectivity index (χ2v) is 2.69. The largest absolute Gasteiger partial charge is 0.435 e. The molecule has 1 aromatic rings. The lowest BCUT2D eigenvalue weighted by Gasteiger charge is -2.04. The van der Waals surface area contributed by atoms with E-state index in [1.807, 2.05) is 5.43 Å². The van der Waals surface area contributed by atoms with Gasteiger partial charge in [0.25, 0.3) is 0 Å². The number of hydrogen-bond donors (Lipinski definition) is 2. The molecule has 1 aromatic carbocycles. The van der Waals surface area contributed by atoms with Crippen molar-refractivity contribution >= 4 is 12.2 Å². The monoisotopic (exact) mass is 229 g/mol. The van der Waals surface area contributed by atoms with Crippen LogP contribution in [0.25, 0.3) is 0 Å². The van der Waals surface area contributed by atoms with Crippen molar-refractivity contribution in [1.29, 1.82) is 0 Å². The molecule has 0 bridgehead atoms. The molecule has 3 N–H and O–H groups in total. The smallest absolute Gasteiger partial charge is 0.387 e. The molecule has 86 valence electrons. The van der Waals surface area contributed by atoms with E-state index >= 15 is 0 Å². The average molecular weight is 229 g/mol. The standard InChI is InChI=1S/C9H9F2N3O2/c10-8(11)16-7-3-1-2-6(4-7)5-13-14-9(12)15/h1-5,8H,(H3,12,14,15)/b13-5-. The third kappa shape index (κ3) is 4.36. The van der Waals surface area contributed by atoms with Gasteiger partial charge in [-0.1, -0.05) is 12.1 Å². The van der Waals surface area contributed by atoms with E-state index in [0.717, 1.165) is 0 Å². The lowest BCUT2D eigenvalue weighted by atomic mass is 10.2. The fourth-order valence-corrected chi connectivity index (χ4v) is 0.941. The first-order chi connectivity index (χ1) is 7.58. The van der Waals surface area contributed by atoms with Gasteiger partial charge in [0.1, 0.15) is 5.75 Å². The number of carbonyl (C=O) groups is 1. The number of ether oxygens (including phenoxy) is 1. The maximum atomic E-state index is 11.9. The second kappa shape index (κ2) is 5.64. The molecule has 0 saturated carbocycles. The van der Waals surface area contributed by atoms with Crippen LogP contribution in [0.4, 0.5) is 13.6 Å². The number of nitrogens with one attached hydrogen (secondary N) is 1. The maximum Gasteiger partial charge on any atom is 0.387 e. The number of hydrogen-bond acceptors (Lipinski definition) is 3. The number of nitrogens with zero attached hydrogens (tertiary/aromatic N) is 1. The number of urea groups is 1. The highest BCUT2D eigenvalue weighted by molar-refractivity contribution is 5.81. The summed E-state index contributed by atoms with van der Waals surface area (Å²) in [5, 5.41) is 3.47. The molecule has 0 heterocycles. The van der Waals surface area contributed by atoms with Crippen LogP contribution in [0.5, 0.6) is 5.75 Å². The van der Waals surface area contributed by atoms with Gasteiger partial charge in [-0.3, -0.25) is 0 Å². The molecule has 1 rings (SSSR count). The van der Waals surface area contributed by atoms with E-state index < -0.39 is 12.6 Å². The molecular weight excluding hydrogens is 220 g/mol. The van der Waals surface area contributed by atoms with Crippen LogP contribution in [0.15, 0.2) is 29.4 Å². The lowest BCUT2D eigenvalue weighted by Crippen LogP contribution is -2.24. The zero-order chi connectivity index (χ0) is 12.0. The predicted octanol–water partition coefficient (Wildman–Crippen LogP) is 1.29. The molecule has 16 heavy (non-hydrogen) atoms. The van der Waals surface area contributed by atoms with Gasteiger partial charge in [0.15, 0.2) is 0 Å². The highest BCUT2D eigenvalue weighted by Gasteiger charge is 2.03. The van der Waals surface area contributed by atoms with E-state index in [4.69, 9.17) is 5.73 Å². The van der Waals surface area contributed by atoms with Crippen LogP contribution in [-0.4, -0.2) is 18.9 Å². The van der Waals surface area contributed by atoms with E-state index in [1.54, 1.807) is 6.07 Å². The summed E-state index contributed by atoms with van der Waals surface area (Å²) in [6.45, 7) is -2.88. The summed E-state index contributed by atoms with van der Waals surface area (Å²) in [7, 11) is 0. The highest BCUT2D eigenvalue weighted by Crippen LogP contribution is 2.14. The Bertz CT molecular complexity index is 396. The molecular formula is C9H9F2N3O2. The number of amides is 2. The SMILES string of the molecule is NC(=O)N/N=C\c1cccc(OC(F)F)c1. The fraction of sp³-hybridized carbons (Fsp3) is 0.111. The molecule has 0 unspecified atom stereocenters. The molecule has 7 heteroatoms. The number of rotatable bonds is 4. The van der Waals surface area contributed by atoms with Crippen LogP contribution in [-0.2, 0) is 0 Å². The van der Waals surface area contributed by atoms with Crippen molar-refractivity contribution in [2.45, 2.75) is 6.61 Å². The van der Waals surface area contributed by atoms with E-state index in [9.17, 15) is 13.6 Å². The topological polar surface area (TPSA) is 76.7 Å². The number of carbonyl (C=O) groups excluding carboxylic acids is 1. The predicted molar refractivity (Wildman–Crippen MR) is 53.4 cm³/mol. The average Bonchev–Trinajstić information content (AvgIpc) is 2.16. The molecule has 0 saturated heterocycles. The molecule has 0 aliphatic rings. The molecule has 0 atom stereocenters. The minimum atomic E-state index is -2.88. The quantitative estimate of drug-likeness (QED) is 0.602. The molecule has 5 nitrogen and oxygen atoms in total. The van der Waals surface area contributed by atoms with Gasteiger partial charge in [-0.25, -0.2) is 10.2 Å². The molecule has 0 aliphatic heterocycles. The van der Waals surface area contributed by atoms with Gasteiger partial charge < -0.3 is 10.5 Å². The molecule has 0 aliphatic carbocycles. The van der Waals surface area contributed by atoms with Crippen LogP contribution in [0, 0.1) is 0 Å². The van der Waals surface area contributed by atoms with Crippen molar-refractivity contribution in [3.05, 3.63) is 29.8 Å². The van der Waals surface area contributed by atoms with Gasteiger partial charge >= 0.3 is 12.6 Å². The Morgan fingerprint density at radius 2 is 2.31 bits per heavy atom. The zero-order valence-corrected chi connectivity index (χ0v) is 8.06. The highest BCUT2D eigenvalue weighted by atomic mass is 19.3. The Balaban J connectivity index is 2.67. The fourth-order valence-electron chi connectivity index (χ4n) is 0.941. The molecule has 0 spiro atoms. The first-order valence-corrected chi connectivity index (χ1v) is 4.21. The van der Waals surface area contributed by atoms with Crippen LogP contribution in [0.1, 0.15) is 5.56 Å². The molecule has 0 aromatic heterocycles. The summed E-state index contributed by atoms with van der Waals surface area (Å²) in [5.41, 5.74) is 7.23. The van der Waals surface area contributed by atoms with E-state index in [-0.39, 0.29) is 5.75 Å². The van der Waals surface area contributed by atoms with Gasteiger partial charge in [-0.15, -0.1) is 0 Å². The van der Waals surface area contributed by atoms with Gasteiger partial charge in [0.2, 0.25) is 0 Å². The number of benzene rings is 1. The Morgan fingerprint density at radius 3 is 2.94 bits per heavy atom. The van der Waals surface area contributed by atoms with Crippen LogP contribution >= 0.6 is 0 Å². The van der Waals surface area contributed by atoms with Gasteiger partial charge in [-0.2, -0.15) is 13.9 Å². The Labute approximate surface area is 89.9 Å². The number of halogens is 2.